The Kier molecular flexibility index (Phi) is 11.2. The van der Waals surface area contributed by atoms with E-state index < -0.39 is 59.2 Å². The van der Waals surface area contributed by atoms with Crippen molar-refractivity contribution in [3.63, 3.8) is 0 Å². The lowest BCUT2D eigenvalue weighted by atomic mass is 10.3. The molecule has 0 aliphatic rings. The normalized spacial score (nSPS) is 11.8. The lowest BCUT2D eigenvalue weighted by molar-refractivity contribution is -0.676. The molecule has 1 aromatic heterocycles. The van der Waals surface area contributed by atoms with Crippen molar-refractivity contribution in [2.45, 2.75) is 6.92 Å². The van der Waals surface area contributed by atoms with Crippen LogP contribution in [0.4, 0.5) is 15.5 Å². The Morgan fingerprint density at radius 3 is 1.10 bits per heavy atom. The average Bonchev–Trinajstić information content (AvgIpc) is 3.02. The van der Waals surface area contributed by atoms with Gasteiger partial charge in [-0.3, -0.25) is 0 Å². The van der Waals surface area contributed by atoms with Crippen molar-refractivity contribution in [1.29, 1.82) is 0 Å². The highest BCUT2D eigenvalue weighted by atomic mass is 32.3. The SMILES string of the molecule is Cc1n(S(=O)(=O)F)cc[n+]1C.O=S(=O)(F)Oc1cc(OS(=O)(=O)F)cc(OS(=O)(=O)F)c1.Oc1cc(O)cc(O)c1. The predicted molar refractivity (Wildman–Crippen MR) is 126 cm³/mol. The Balaban J connectivity index is 0.000000348. The Bertz CT molecular complexity index is 1650. The zero-order valence-electron chi connectivity index (χ0n) is 20.0. The quantitative estimate of drug-likeness (QED) is 0.180. The van der Waals surface area contributed by atoms with E-state index in [9.17, 15) is 49.2 Å². The molecule has 0 spiro atoms. The van der Waals surface area contributed by atoms with Crippen LogP contribution in [-0.4, -0.2) is 53.0 Å². The number of phenolic OH excluding ortho intramolecular Hbond substituents is 3. The first-order valence-electron chi connectivity index (χ1n) is 9.62. The molecule has 0 saturated carbocycles. The van der Waals surface area contributed by atoms with E-state index in [4.69, 9.17) is 15.3 Å². The fourth-order valence-corrected chi connectivity index (χ4v) is 4.00. The van der Waals surface area contributed by atoms with E-state index in [1.807, 2.05) is 0 Å². The highest BCUT2D eigenvalue weighted by Crippen LogP contribution is 2.31. The average molecular weight is 678 g/mol. The highest BCUT2D eigenvalue weighted by Gasteiger charge is 2.22. The summed E-state index contributed by atoms with van der Waals surface area (Å²) in [7, 11) is -19.8. The molecule has 41 heavy (non-hydrogen) atoms. The van der Waals surface area contributed by atoms with Gasteiger partial charge in [-0.25, -0.2) is 4.57 Å². The van der Waals surface area contributed by atoms with Crippen molar-refractivity contribution < 1.29 is 81.7 Å². The summed E-state index contributed by atoms with van der Waals surface area (Å²) in [6.45, 7) is 1.51. The molecular weight excluding hydrogens is 660 g/mol. The number of aryl methyl sites for hydroxylation is 1. The van der Waals surface area contributed by atoms with Crippen LogP contribution in [0.5, 0.6) is 34.5 Å². The van der Waals surface area contributed by atoms with Gasteiger partial charge in [0.1, 0.15) is 29.6 Å². The number of benzene rings is 2. The largest absolute Gasteiger partial charge is 0.508 e. The number of hydrogen-bond acceptors (Lipinski definition) is 14. The standard InChI is InChI=1S/C6H3F3O9S3.C6H6O3.C5H8FN2O2S/c7-19(10,11)16-4-1-5(17-20(8,12)13)3-6(2-4)18-21(9,14)15;7-4-1-5(8)3-6(9)2-4;1-5-7(2)3-4-8(5)11(6,9)10/h1-3H;1-3,7-9H;3-4H,1-2H3/q;;+1. The summed E-state index contributed by atoms with van der Waals surface area (Å²) in [6, 6.07) is 4.48. The zero-order valence-corrected chi connectivity index (χ0v) is 23.3. The third-order valence-electron chi connectivity index (χ3n) is 3.82. The molecule has 3 aromatic rings. The van der Waals surface area contributed by atoms with Gasteiger partial charge in [0.25, 0.3) is 5.82 Å². The molecule has 16 nitrogen and oxygen atoms in total. The number of hydrogen-bond donors (Lipinski definition) is 3. The molecule has 230 valence electrons. The first-order chi connectivity index (χ1) is 18.3. The minimum atomic E-state index is -5.60. The van der Waals surface area contributed by atoms with Gasteiger partial charge in [-0.05, 0) is 0 Å². The number of aromatic nitrogens is 2. The van der Waals surface area contributed by atoms with Gasteiger partial charge >= 0.3 is 41.9 Å². The van der Waals surface area contributed by atoms with E-state index in [1.54, 1.807) is 7.05 Å². The van der Waals surface area contributed by atoms with Gasteiger partial charge in [0.2, 0.25) is 0 Å². The first kappa shape index (κ1) is 35.0. The monoisotopic (exact) mass is 677 g/mol. The molecule has 1 heterocycles. The summed E-state index contributed by atoms with van der Waals surface area (Å²) in [5.74, 6) is -3.33. The first-order valence-corrected chi connectivity index (χ1v) is 14.9. The van der Waals surface area contributed by atoms with Gasteiger partial charge in [-0.2, -0.15) is 33.7 Å². The molecule has 0 atom stereocenters. The fourth-order valence-electron chi connectivity index (χ4n) is 2.38. The second kappa shape index (κ2) is 13.1. The van der Waals surface area contributed by atoms with Gasteiger partial charge in [0.05, 0.1) is 7.05 Å². The van der Waals surface area contributed by atoms with Gasteiger partial charge in [-0.1, -0.05) is 19.5 Å². The molecule has 0 unspecified atom stereocenters. The number of aromatic hydroxyl groups is 3. The van der Waals surface area contributed by atoms with Crippen molar-refractivity contribution in [2.24, 2.45) is 7.05 Å². The number of rotatable bonds is 7. The molecule has 0 bridgehead atoms. The van der Waals surface area contributed by atoms with E-state index in [1.165, 1.54) is 17.7 Å². The summed E-state index contributed by atoms with van der Waals surface area (Å²) in [5, 5.41) is 26.0. The van der Waals surface area contributed by atoms with Gasteiger partial charge in [-0.15, -0.1) is 0 Å². The van der Waals surface area contributed by atoms with Crippen LogP contribution in [0.1, 0.15) is 5.82 Å². The summed E-state index contributed by atoms with van der Waals surface area (Å²) in [4.78, 5) is 0. The van der Waals surface area contributed by atoms with Crippen LogP contribution in [0, 0.1) is 6.92 Å². The molecule has 0 amide bonds. The maximum absolute atomic E-state index is 12.3. The van der Waals surface area contributed by atoms with Crippen LogP contribution in [-0.2, 0) is 49.0 Å². The van der Waals surface area contributed by atoms with Crippen LogP contribution >= 0.6 is 0 Å². The maximum Gasteiger partial charge on any atom is 0.488 e. The van der Waals surface area contributed by atoms with Crippen molar-refractivity contribution in [3.8, 4) is 34.5 Å². The van der Waals surface area contributed by atoms with E-state index in [2.05, 4.69) is 12.5 Å². The molecule has 0 saturated heterocycles. The highest BCUT2D eigenvalue weighted by molar-refractivity contribution is 7.84. The van der Waals surface area contributed by atoms with Gasteiger partial charge < -0.3 is 27.9 Å². The molecule has 0 radical (unpaired) electrons. The predicted octanol–water partition coefficient (Wildman–Crippen LogP) is 0.953. The topological polar surface area (TPSA) is 234 Å². The molecule has 0 aliphatic heterocycles. The fraction of sp³-hybridized carbons (Fsp3) is 0.118. The van der Waals surface area contributed by atoms with Crippen molar-refractivity contribution in [3.05, 3.63) is 54.6 Å². The zero-order chi connectivity index (χ0) is 32.0. The Hall–Kier alpha value is -4.03. The molecule has 0 aliphatic carbocycles. The van der Waals surface area contributed by atoms with E-state index >= 15 is 0 Å². The molecular formula is C17H17F4N2O14S4+. The number of nitrogens with zero attached hydrogens (tertiary/aromatic N) is 2. The molecule has 3 N–H and O–H groups in total. The molecule has 0 fully saturated rings. The van der Waals surface area contributed by atoms with Crippen LogP contribution in [0.2, 0.25) is 0 Å². The molecule has 24 heteroatoms. The van der Waals surface area contributed by atoms with Crippen LogP contribution < -0.4 is 17.1 Å². The summed E-state index contributed by atoms with van der Waals surface area (Å²) in [6.07, 6.45) is 2.62. The number of imidazole rings is 1. The van der Waals surface area contributed by atoms with Crippen LogP contribution in [0.25, 0.3) is 0 Å². The molecule has 3 rings (SSSR count). The summed E-state index contributed by atoms with van der Waals surface area (Å²) in [5.41, 5.74) is 0. The Morgan fingerprint density at radius 1 is 0.634 bits per heavy atom. The van der Waals surface area contributed by atoms with Crippen LogP contribution in [0.3, 0.4) is 0 Å². The summed E-state index contributed by atoms with van der Waals surface area (Å²) < 4.78 is 144. The lowest BCUT2D eigenvalue weighted by Crippen LogP contribution is -2.30. The Morgan fingerprint density at radius 2 is 0.927 bits per heavy atom. The van der Waals surface area contributed by atoms with Gasteiger partial charge in [0, 0.05) is 43.3 Å². The van der Waals surface area contributed by atoms with Crippen molar-refractivity contribution in [1.82, 2.24) is 3.97 Å². The second-order valence-corrected chi connectivity index (χ2v) is 11.0. The van der Waals surface area contributed by atoms with E-state index in [-0.39, 0.29) is 17.2 Å². The van der Waals surface area contributed by atoms with E-state index in [0.29, 0.717) is 28.0 Å². The number of phenols is 3. The minimum Gasteiger partial charge on any atom is -0.508 e. The molecule has 2 aromatic carbocycles. The maximum atomic E-state index is 12.3. The minimum absolute atomic E-state index is 0.146. The third kappa shape index (κ3) is 14.3. The lowest BCUT2D eigenvalue weighted by Gasteiger charge is -2.07. The summed E-state index contributed by atoms with van der Waals surface area (Å²) >= 11 is 0. The smallest absolute Gasteiger partial charge is 0.488 e. The Labute approximate surface area is 230 Å². The van der Waals surface area contributed by atoms with Gasteiger partial charge in [0.15, 0.2) is 17.2 Å². The third-order valence-corrected chi connectivity index (χ3v) is 5.85. The van der Waals surface area contributed by atoms with E-state index in [0.717, 1.165) is 24.4 Å². The number of halogens is 4. The second-order valence-electron chi connectivity index (χ2n) is 6.97. The van der Waals surface area contributed by atoms with Crippen molar-refractivity contribution >= 4 is 41.9 Å². The van der Waals surface area contributed by atoms with Crippen molar-refractivity contribution in [2.75, 3.05) is 0 Å². The van der Waals surface area contributed by atoms with Crippen LogP contribution in [0.15, 0.2) is 48.8 Å².